The molecule has 3 rings (SSSR count). The maximum absolute atomic E-state index is 11.6. The van der Waals surface area contributed by atoms with Gasteiger partial charge in [0.05, 0.1) is 24.3 Å². The highest BCUT2D eigenvalue weighted by Crippen LogP contribution is 2.39. The molecule has 2 aliphatic heterocycles. The number of nitrogens with one attached hydrogen (secondary N) is 1. The summed E-state index contributed by atoms with van der Waals surface area (Å²) >= 11 is 0. The number of ether oxygens (including phenoxy) is 2. The summed E-state index contributed by atoms with van der Waals surface area (Å²) in [6.45, 7) is 4.96. The molecule has 1 aromatic rings. The third kappa shape index (κ3) is 1.81. The van der Waals surface area contributed by atoms with E-state index in [0.717, 1.165) is 5.56 Å². The smallest absolute Gasteiger partial charge is 0.265 e. The monoisotopic (exact) mass is 262 g/mol. The van der Waals surface area contributed by atoms with Crippen molar-refractivity contribution in [3.8, 4) is 5.75 Å². The standard InChI is InChI=1S/C14H18N2O3/c1-8-13(17)16-11-5-10(3-4-12(11)19-8)14(9(2)15)6-18-7-14/h3-5,8-9H,6-7,15H2,1-2H3,(H,16,17). The highest BCUT2D eigenvalue weighted by Gasteiger charge is 2.44. The van der Waals surface area contributed by atoms with Gasteiger partial charge in [-0.2, -0.15) is 0 Å². The molecular formula is C14H18N2O3. The van der Waals surface area contributed by atoms with Crippen LogP contribution in [0.1, 0.15) is 19.4 Å². The molecule has 0 bridgehead atoms. The minimum atomic E-state index is -0.451. The van der Waals surface area contributed by atoms with Crippen molar-refractivity contribution in [1.82, 2.24) is 0 Å². The minimum Gasteiger partial charge on any atom is -0.479 e. The Kier molecular flexibility index (Phi) is 2.76. The van der Waals surface area contributed by atoms with Gasteiger partial charge in [0.15, 0.2) is 6.10 Å². The zero-order valence-corrected chi connectivity index (χ0v) is 11.1. The van der Waals surface area contributed by atoms with Gasteiger partial charge < -0.3 is 20.5 Å². The van der Waals surface area contributed by atoms with Gasteiger partial charge in [-0.15, -0.1) is 0 Å². The van der Waals surface area contributed by atoms with E-state index in [-0.39, 0.29) is 17.4 Å². The van der Waals surface area contributed by atoms with E-state index in [1.54, 1.807) is 6.92 Å². The maximum atomic E-state index is 11.6. The molecule has 2 atom stereocenters. The molecule has 3 N–H and O–H groups in total. The van der Waals surface area contributed by atoms with Crippen molar-refractivity contribution in [3.05, 3.63) is 23.8 Å². The van der Waals surface area contributed by atoms with Gasteiger partial charge in [-0.05, 0) is 31.5 Å². The van der Waals surface area contributed by atoms with Crippen molar-refractivity contribution < 1.29 is 14.3 Å². The summed E-state index contributed by atoms with van der Waals surface area (Å²) in [5, 5.41) is 2.86. The number of benzene rings is 1. The molecule has 5 nitrogen and oxygen atoms in total. The molecule has 0 spiro atoms. The summed E-state index contributed by atoms with van der Waals surface area (Å²) in [7, 11) is 0. The SMILES string of the molecule is CC1Oc2ccc(C3(C(C)N)COC3)cc2NC1=O. The third-order valence-corrected chi connectivity index (χ3v) is 4.08. The van der Waals surface area contributed by atoms with Crippen molar-refractivity contribution in [3.63, 3.8) is 0 Å². The van der Waals surface area contributed by atoms with Crippen molar-refractivity contribution in [2.24, 2.45) is 5.73 Å². The van der Waals surface area contributed by atoms with Crippen LogP contribution in [-0.2, 0) is 14.9 Å². The summed E-state index contributed by atoms with van der Waals surface area (Å²) in [4.78, 5) is 11.6. The Balaban J connectivity index is 1.98. The van der Waals surface area contributed by atoms with Gasteiger partial charge in [-0.25, -0.2) is 0 Å². The molecule has 1 fully saturated rings. The molecule has 2 unspecified atom stereocenters. The predicted molar refractivity (Wildman–Crippen MR) is 71.3 cm³/mol. The van der Waals surface area contributed by atoms with Gasteiger partial charge in [0, 0.05) is 6.04 Å². The number of rotatable bonds is 2. The van der Waals surface area contributed by atoms with Crippen LogP contribution in [0.15, 0.2) is 18.2 Å². The maximum Gasteiger partial charge on any atom is 0.265 e. The average Bonchev–Trinajstić information content (AvgIpc) is 2.29. The molecule has 2 aliphatic rings. The van der Waals surface area contributed by atoms with Crippen molar-refractivity contribution in [1.29, 1.82) is 0 Å². The average molecular weight is 262 g/mol. The number of carbonyl (C=O) groups excluding carboxylic acids is 1. The fourth-order valence-corrected chi connectivity index (χ4v) is 2.53. The van der Waals surface area contributed by atoms with Crippen LogP contribution in [-0.4, -0.2) is 31.3 Å². The Morgan fingerprint density at radius 1 is 1.47 bits per heavy atom. The summed E-state index contributed by atoms with van der Waals surface area (Å²) in [6.07, 6.45) is -0.451. The quantitative estimate of drug-likeness (QED) is 0.834. The first-order valence-electron chi connectivity index (χ1n) is 6.48. The first kappa shape index (κ1) is 12.4. The van der Waals surface area contributed by atoms with Gasteiger partial charge in [0.2, 0.25) is 0 Å². The molecule has 1 saturated heterocycles. The Labute approximate surface area is 112 Å². The number of carbonyl (C=O) groups is 1. The molecule has 19 heavy (non-hydrogen) atoms. The van der Waals surface area contributed by atoms with Crippen LogP contribution in [0.3, 0.4) is 0 Å². The molecular weight excluding hydrogens is 244 g/mol. The van der Waals surface area contributed by atoms with E-state index < -0.39 is 6.10 Å². The Morgan fingerprint density at radius 3 is 2.79 bits per heavy atom. The van der Waals surface area contributed by atoms with Crippen molar-refractivity contribution in [2.75, 3.05) is 18.5 Å². The summed E-state index contributed by atoms with van der Waals surface area (Å²) in [5.74, 6) is 0.584. The summed E-state index contributed by atoms with van der Waals surface area (Å²) < 4.78 is 10.9. The van der Waals surface area contributed by atoms with Crippen LogP contribution in [0.25, 0.3) is 0 Å². The molecule has 0 saturated carbocycles. The predicted octanol–water partition coefficient (Wildman–Crippen LogP) is 1.02. The molecule has 0 aromatic heterocycles. The lowest BCUT2D eigenvalue weighted by Crippen LogP contribution is -2.57. The molecule has 1 aromatic carbocycles. The lowest BCUT2D eigenvalue weighted by atomic mass is 9.73. The van der Waals surface area contributed by atoms with Gasteiger partial charge in [0.1, 0.15) is 5.75 Å². The molecule has 102 valence electrons. The van der Waals surface area contributed by atoms with E-state index in [1.165, 1.54) is 0 Å². The molecule has 1 amide bonds. The minimum absolute atomic E-state index is 0.00145. The number of anilines is 1. The van der Waals surface area contributed by atoms with Crippen molar-refractivity contribution in [2.45, 2.75) is 31.4 Å². The van der Waals surface area contributed by atoms with E-state index in [9.17, 15) is 4.79 Å². The van der Waals surface area contributed by atoms with Crippen LogP contribution in [0.2, 0.25) is 0 Å². The molecule has 0 aliphatic carbocycles. The van der Waals surface area contributed by atoms with E-state index in [1.807, 2.05) is 25.1 Å². The largest absolute Gasteiger partial charge is 0.479 e. The van der Waals surface area contributed by atoms with Crippen LogP contribution in [0.5, 0.6) is 5.75 Å². The van der Waals surface area contributed by atoms with Crippen LogP contribution < -0.4 is 15.8 Å². The fourth-order valence-electron chi connectivity index (χ4n) is 2.53. The summed E-state index contributed by atoms with van der Waals surface area (Å²) in [5.41, 5.74) is 7.75. The highest BCUT2D eigenvalue weighted by atomic mass is 16.5. The number of hydrogen-bond donors (Lipinski definition) is 2. The second kappa shape index (κ2) is 4.21. The molecule has 5 heteroatoms. The summed E-state index contributed by atoms with van der Waals surface area (Å²) in [6, 6.07) is 5.85. The van der Waals surface area contributed by atoms with E-state index in [0.29, 0.717) is 24.7 Å². The Bertz CT molecular complexity index is 523. The fraction of sp³-hybridized carbons (Fsp3) is 0.500. The van der Waals surface area contributed by atoms with E-state index >= 15 is 0 Å². The number of hydrogen-bond acceptors (Lipinski definition) is 4. The zero-order valence-electron chi connectivity index (χ0n) is 11.1. The second-order valence-electron chi connectivity index (χ2n) is 5.40. The van der Waals surface area contributed by atoms with Gasteiger partial charge in [-0.3, -0.25) is 4.79 Å². The molecule has 0 radical (unpaired) electrons. The lowest BCUT2D eigenvalue weighted by Gasteiger charge is -2.45. The van der Waals surface area contributed by atoms with Crippen LogP contribution in [0, 0.1) is 0 Å². The van der Waals surface area contributed by atoms with Crippen LogP contribution >= 0.6 is 0 Å². The van der Waals surface area contributed by atoms with E-state index in [4.69, 9.17) is 15.2 Å². The zero-order chi connectivity index (χ0) is 13.6. The Morgan fingerprint density at radius 2 is 2.21 bits per heavy atom. The van der Waals surface area contributed by atoms with Crippen LogP contribution in [0.4, 0.5) is 5.69 Å². The first-order chi connectivity index (χ1) is 9.03. The lowest BCUT2D eigenvalue weighted by molar-refractivity contribution is -0.122. The van der Waals surface area contributed by atoms with Gasteiger partial charge in [-0.1, -0.05) is 6.07 Å². The number of nitrogens with two attached hydrogens (primary N) is 1. The molecule has 2 heterocycles. The van der Waals surface area contributed by atoms with Gasteiger partial charge >= 0.3 is 0 Å². The van der Waals surface area contributed by atoms with Gasteiger partial charge in [0.25, 0.3) is 5.91 Å². The Hall–Kier alpha value is -1.59. The number of amides is 1. The van der Waals surface area contributed by atoms with Crippen molar-refractivity contribution >= 4 is 11.6 Å². The number of fused-ring (bicyclic) bond motifs is 1. The first-order valence-corrected chi connectivity index (χ1v) is 6.48. The third-order valence-electron chi connectivity index (χ3n) is 4.08. The second-order valence-corrected chi connectivity index (χ2v) is 5.40. The topological polar surface area (TPSA) is 73.6 Å². The highest BCUT2D eigenvalue weighted by molar-refractivity contribution is 5.97. The normalized spacial score (nSPS) is 25.6. The van der Waals surface area contributed by atoms with E-state index in [2.05, 4.69) is 5.32 Å².